The van der Waals surface area contributed by atoms with Gasteiger partial charge in [-0.05, 0) is 35.5 Å². The minimum absolute atomic E-state index is 0.0102. The Bertz CT molecular complexity index is 299. The lowest BCUT2D eigenvalue weighted by Gasteiger charge is -2.52. The minimum Gasteiger partial charge on any atom is -0.394 e. The van der Waals surface area contributed by atoms with E-state index in [2.05, 4.69) is 27.7 Å². The predicted octanol–water partition coefficient (Wildman–Crippen LogP) is 1.16. The molecule has 6 atom stereocenters. The quantitative estimate of drug-likeness (QED) is 0.622. The fourth-order valence-corrected chi connectivity index (χ4v) is 3.16. The van der Waals surface area contributed by atoms with Crippen LogP contribution in [0.4, 0.5) is 0 Å². The number of aliphatic hydroxyl groups is 4. The normalized spacial score (nSPS) is 39.9. The number of hydrogen-bond acceptors (Lipinski definition) is 4. The summed E-state index contributed by atoms with van der Waals surface area (Å²) in [6.07, 6.45) is -1.16. The van der Waals surface area contributed by atoms with Gasteiger partial charge in [-0.25, -0.2) is 0 Å². The second-order valence-corrected chi connectivity index (χ2v) is 7.55. The largest absolute Gasteiger partial charge is 0.394 e. The van der Waals surface area contributed by atoms with E-state index in [-0.39, 0.29) is 22.7 Å². The van der Waals surface area contributed by atoms with E-state index in [4.69, 9.17) is 5.11 Å². The SMILES string of the molecule is CC1C(O)CC(C)(C(C)(C)C)CC1[C@H](O)[C@H](O)CO. The Labute approximate surface area is 116 Å². The molecule has 1 fully saturated rings. The molecule has 1 saturated carbocycles. The van der Waals surface area contributed by atoms with Crippen molar-refractivity contribution in [3.05, 3.63) is 0 Å². The first kappa shape index (κ1) is 16.9. The average molecular weight is 274 g/mol. The summed E-state index contributed by atoms with van der Waals surface area (Å²) in [6.45, 7) is 10.0. The molecule has 4 heteroatoms. The molecule has 0 aromatic rings. The van der Waals surface area contributed by atoms with E-state index in [9.17, 15) is 15.3 Å². The molecule has 19 heavy (non-hydrogen) atoms. The zero-order chi connectivity index (χ0) is 15.0. The van der Waals surface area contributed by atoms with Gasteiger partial charge >= 0.3 is 0 Å². The fraction of sp³-hybridized carbons (Fsp3) is 1.00. The van der Waals surface area contributed by atoms with Crippen LogP contribution in [0.3, 0.4) is 0 Å². The molecular formula is C15H30O4. The summed E-state index contributed by atoms with van der Waals surface area (Å²) in [5, 5.41) is 39.2. The molecule has 1 rings (SSSR count). The van der Waals surface area contributed by atoms with Crippen molar-refractivity contribution in [3.63, 3.8) is 0 Å². The maximum absolute atomic E-state index is 10.3. The standard InChI is InChI=1S/C15H30O4/c1-9-10(13(19)12(18)8-16)6-15(5,7-11(9)17)14(2,3)4/h9-13,16-19H,6-8H2,1-5H3/t9?,10?,11?,12-,13+,15?/m1/s1. The molecule has 4 unspecified atom stereocenters. The molecule has 4 nitrogen and oxygen atoms in total. The first-order valence-electron chi connectivity index (χ1n) is 7.18. The molecule has 0 heterocycles. The zero-order valence-electron chi connectivity index (χ0n) is 12.8. The highest BCUT2D eigenvalue weighted by Crippen LogP contribution is 2.53. The molecule has 0 amide bonds. The lowest BCUT2D eigenvalue weighted by atomic mass is 9.54. The molecule has 0 spiro atoms. The highest BCUT2D eigenvalue weighted by Gasteiger charge is 2.49. The van der Waals surface area contributed by atoms with Crippen LogP contribution < -0.4 is 0 Å². The van der Waals surface area contributed by atoms with Gasteiger partial charge in [0.15, 0.2) is 0 Å². The molecule has 0 radical (unpaired) electrons. The molecule has 1 aliphatic rings. The summed E-state index contributed by atoms with van der Waals surface area (Å²) >= 11 is 0. The van der Waals surface area contributed by atoms with Gasteiger partial charge < -0.3 is 20.4 Å². The van der Waals surface area contributed by atoms with E-state index in [0.29, 0.717) is 6.42 Å². The van der Waals surface area contributed by atoms with Crippen LogP contribution in [0, 0.1) is 22.7 Å². The van der Waals surface area contributed by atoms with Gasteiger partial charge in [0.1, 0.15) is 6.10 Å². The van der Waals surface area contributed by atoms with E-state index in [0.717, 1.165) is 6.42 Å². The van der Waals surface area contributed by atoms with Gasteiger partial charge in [0.05, 0.1) is 18.8 Å². The topological polar surface area (TPSA) is 80.9 Å². The van der Waals surface area contributed by atoms with Gasteiger partial charge in [-0.15, -0.1) is 0 Å². The lowest BCUT2D eigenvalue weighted by molar-refractivity contribution is -0.130. The smallest absolute Gasteiger partial charge is 0.103 e. The van der Waals surface area contributed by atoms with Crippen molar-refractivity contribution >= 4 is 0 Å². The first-order chi connectivity index (χ1) is 8.53. The van der Waals surface area contributed by atoms with Crippen molar-refractivity contribution in [1.82, 2.24) is 0 Å². The van der Waals surface area contributed by atoms with Crippen LogP contribution >= 0.6 is 0 Å². The Balaban J connectivity index is 2.98. The van der Waals surface area contributed by atoms with Crippen molar-refractivity contribution in [2.24, 2.45) is 22.7 Å². The molecule has 0 aliphatic heterocycles. The van der Waals surface area contributed by atoms with E-state index in [1.54, 1.807) is 0 Å². The minimum atomic E-state index is -1.14. The highest BCUT2D eigenvalue weighted by atomic mass is 16.4. The molecule has 4 N–H and O–H groups in total. The van der Waals surface area contributed by atoms with E-state index < -0.39 is 24.9 Å². The molecule has 1 aliphatic carbocycles. The van der Waals surface area contributed by atoms with E-state index >= 15 is 0 Å². The highest BCUT2D eigenvalue weighted by molar-refractivity contribution is 4.99. The number of aliphatic hydroxyl groups excluding tert-OH is 4. The molecular weight excluding hydrogens is 244 g/mol. The Morgan fingerprint density at radius 3 is 2.16 bits per heavy atom. The Hall–Kier alpha value is -0.160. The van der Waals surface area contributed by atoms with Gasteiger partial charge in [0, 0.05) is 0 Å². The molecule has 0 aromatic carbocycles. The summed E-state index contributed by atoms with van der Waals surface area (Å²) in [5.74, 6) is -0.276. The van der Waals surface area contributed by atoms with Crippen molar-refractivity contribution in [2.75, 3.05) is 6.61 Å². The van der Waals surface area contributed by atoms with Gasteiger partial charge in [0.25, 0.3) is 0 Å². The van der Waals surface area contributed by atoms with Crippen molar-refractivity contribution in [3.8, 4) is 0 Å². The van der Waals surface area contributed by atoms with Crippen LogP contribution in [0.5, 0.6) is 0 Å². The lowest BCUT2D eigenvalue weighted by Crippen LogP contribution is -2.52. The van der Waals surface area contributed by atoms with Crippen LogP contribution in [0.15, 0.2) is 0 Å². The first-order valence-corrected chi connectivity index (χ1v) is 7.18. The summed E-state index contributed by atoms with van der Waals surface area (Å²) in [7, 11) is 0. The van der Waals surface area contributed by atoms with Gasteiger partial charge in [-0.1, -0.05) is 34.6 Å². The average Bonchev–Trinajstić information content (AvgIpc) is 2.30. The Morgan fingerprint density at radius 2 is 1.74 bits per heavy atom. The van der Waals surface area contributed by atoms with Gasteiger partial charge in [0.2, 0.25) is 0 Å². The third kappa shape index (κ3) is 3.30. The zero-order valence-corrected chi connectivity index (χ0v) is 12.8. The molecule has 0 aromatic heterocycles. The predicted molar refractivity (Wildman–Crippen MR) is 74.6 cm³/mol. The maximum Gasteiger partial charge on any atom is 0.103 e. The molecule has 0 saturated heterocycles. The number of rotatable bonds is 3. The fourth-order valence-electron chi connectivity index (χ4n) is 3.16. The summed E-state index contributed by atoms with van der Waals surface area (Å²) in [6, 6.07) is 0. The Morgan fingerprint density at radius 1 is 1.21 bits per heavy atom. The van der Waals surface area contributed by atoms with Crippen LogP contribution in [0.1, 0.15) is 47.5 Å². The summed E-state index contributed by atoms with van der Waals surface area (Å²) < 4.78 is 0. The second-order valence-electron chi connectivity index (χ2n) is 7.55. The maximum atomic E-state index is 10.3. The van der Waals surface area contributed by atoms with Crippen LogP contribution in [-0.2, 0) is 0 Å². The Kier molecular flexibility index (Phi) is 5.05. The van der Waals surface area contributed by atoms with Gasteiger partial charge in [-0.2, -0.15) is 0 Å². The number of hydrogen-bond donors (Lipinski definition) is 4. The molecule has 114 valence electrons. The van der Waals surface area contributed by atoms with Crippen LogP contribution in [0.25, 0.3) is 0 Å². The van der Waals surface area contributed by atoms with Crippen LogP contribution in [0.2, 0.25) is 0 Å². The molecule has 0 bridgehead atoms. The summed E-state index contributed by atoms with van der Waals surface area (Å²) in [4.78, 5) is 0. The van der Waals surface area contributed by atoms with Gasteiger partial charge in [-0.3, -0.25) is 0 Å². The summed E-state index contributed by atoms with van der Waals surface area (Å²) in [5.41, 5.74) is -0.0873. The van der Waals surface area contributed by atoms with Crippen molar-refractivity contribution < 1.29 is 20.4 Å². The van der Waals surface area contributed by atoms with E-state index in [1.807, 2.05) is 6.92 Å². The van der Waals surface area contributed by atoms with Crippen molar-refractivity contribution in [1.29, 1.82) is 0 Å². The second kappa shape index (κ2) is 5.68. The third-order valence-corrected chi connectivity index (χ3v) is 5.46. The third-order valence-electron chi connectivity index (χ3n) is 5.46. The van der Waals surface area contributed by atoms with E-state index in [1.165, 1.54) is 0 Å². The van der Waals surface area contributed by atoms with Crippen LogP contribution in [-0.4, -0.2) is 45.3 Å². The van der Waals surface area contributed by atoms with Crippen molar-refractivity contribution in [2.45, 2.75) is 65.8 Å². The monoisotopic (exact) mass is 274 g/mol.